The molecule has 1 aromatic carbocycles. The third kappa shape index (κ3) is 3.32. The van der Waals surface area contributed by atoms with E-state index in [9.17, 15) is 4.79 Å². The van der Waals surface area contributed by atoms with Gasteiger partial charge in [-0.3, -0.25) is 10.2 Å². The molecule has 1 saturated heterocycles. The van der Waals surface area contributed by atoms with Crippen LogP contribution >= 0.6 is 0 Å². The van der Waals surface area contributed by atoms with Gasteiger partial charge < -0.3 is 4.57 Å². The Morgan fingerprint density at radius 1 is 1.00 bits per heavy atom. The first-order valence-electron chi connectivity index (χ1n) is 8.38. The molecule has 0 saturated carbocycles. The highest BCUT2D eigenvalue weighted by atomic mass is 16.2. The summed E-state index contributed by atoms with van der Waals surface area (Å²) in [5.41, 5.74) is 8.22. The molecular formula is C19H25N3O. The lowest BCUT2D eigenvalue weighted by Gasteiger charge is -2.26. The lowest BCUT2D eigenvalue weighted by atomic mass is 10.2. The largest absolute Gasteiger partial charge is 0.318 e. The van der Waals surface area contributed by atoms with E-state index in [0.29, 0.717) is 0 Å². The molecule has 4 heteroatoms. The van der Waals surface area contributed by atoms with Gasteiger partial charge in [0.15, 0.2) is 0 Å². The number of hydrogen-bond acceptors (Lipinski definition) is 2. The number of amides is 1. The van der Waals surface area contributed by atoms with Crippen LogP contribution < -0.4 is 5.43 Å². The first-order chi connectivity index (χ1) is 11.1. The summed E-state index contributed by atoms with van der Waals surface area (Å²) in [5, 5.41) is 2.05. The van der Waals surface area contributed by atoms with Gasteiger partial charge in [0, 0.05) is 30.2 Å². The number of piperidine rings is 1. The normalized spacial score (nSPS) is 15.6. The third-order valence-corrected chi connectivity index (χ3v) is 4.58. The van der Waals surface area contributed by atoms with Gasteiger partial charge in [-0.1, -0.05) is 24.1 Å². The summed E-state index contributed by atoms with van der Waals surface area (Å²) < 4.78 is 2.14. The predicted molar refractivity (Wildman–Crippen MR) is 92.9 cm³/mol. The quantitative estimate of drug-likeness (QED) is 0.941. The van der Waals surface area contributed by atoms with Crippen LogP contribution in [0.15, 0.2) is 30.3 Å². The average molecular weight is 311 g/mol. The molecule has 0 atom stereocenters. The number of nitrogens with one attached hydrogen (secondary N) is 1. The number of aryl methyl sites for hydroxylation is 2. The van der Waals surface area contributed by atoms with E-state index >= 15 is 0 Å². The van der Waals surface area contributed by atoms with E-state index in [4.69, 9.17) is 0 Å². The second-order valence-electron chi connectivity index (χ2n) is 6.44. The van der Waals surface area contributed by atoms with Crippen LogP contribution in [-0.2, 0) is 0 Å². The molecular weight excluding hydrogens is 286 g/mol. The second kappa shape index (κ2) is 6.59. The smallest absolute Gasteiger partial charge is 0.267 e. The third-order valence-electron chi connectivity index (χ3n) is 4.58. The van der Waals surface area contributed by atoms with Crippen LogP contribution in [0.2, 0.25) is 0 Å². The average Bonchev–Trinajstić information content (AvgIpc) is 2.84. The van der Waals surface area contributed by atoms with Crippen molar-refractivity contribution in [2.75, 3.05) is 13.1 Å². The van der Waals surface area contributed by atoms with E-state index in [1.54, 1.807) is 0 Å². The Morgan fingerprint density at radius 2 is 1.65 bits per heavy atom. The summed E-state index contributed by atoms with van der Waals surface area (Å²) in [7, 11) is 0. The zero-order chi connectivity index (χ0) is 16.4. The zero-order valence-corrected chi connectivity index (χ0v) is 14.2. The lowest BCUT2D eigenvalue weighted by molar-refractivity contribution is 0.0749. The second-order valence-corrected chi connectivity index (χ2v) is 6.44. The topological polar surface area (TPSA) is 37.3 Å². The first kappa shape index (κ1) is 15.8. The number of nitrogens with zero attached hydrogens (tertiary/aromatic N) is 2. The van der Waals surface area contributed by atoms with Crippen molar-refractivity contribution in [3.05, 3.63) is 52.8 Å². The molecule has 122 valence electrons. The van der Waals surface area contributed by atoms with Gasteiger partial charge in [0.2, 0.25) is 0 Å². The fourth-order valence-electron chi connectivity index (χ4n) is 3.29. The summed E-state index contributed by atoms with van der Waals surface area (Å²) in [6.45, 7) is 8.03. The molecule has 23 heavy (non-hydrogen) atoms. The molecule has 1 aliphatic heterocycles. The van der Waals surface area contributed by atoms with Crippen LogP contribution in [0.3, 0.4) is 0 Å². The van der Waals surface area contributed by atoms with E-state index in [-0.39, 0.29) is 5.91 Å². The molecule has 1 fully saturated rings. The van der Waals surface area contributed by atoms with Crippen LogP contribution in [0, 0.1) is 20.8 Å². The maximum absolute atomic E-state index is 12.6. The molecule has 0 spiro atoms. The highest BCUT2D eigenvalue weighted by Crippen LogP contribution is 2.21. The van der Waals surface area contributed by atoms with Crippen LogP contribution in [0.1, 0.15) is 46.6 Å². The van der Waals surface area contributed by atoms with Crippen molar-refractivity contribution in [2.45, 2.75) is 40.0 Å². The summed E-state index contributed by atoms with van der Waals surface area (Å²) in [6, 6.07) is 10.4. The Hall–Kier alpha value is -2.07. The molecule has 0 unspecified atom stereocenters. The number of benzene rings is 1. The number of carbonyl (C=O) groups is 1. The van der Waals surface area contributed by atoms with Gasteiger partial charge in [-0.2, -0.15) is 0 Å². The number of aromatic nitrogens is 1. The minimum Gasteiger partial charge on any atom is -0.318 e. The number of carbonyl (C=O) groups excluding carboxylic acids is 1. The molecule has 3 rings (SSSR count). The van der Waals surface area contributed by atoms with Crippen molar-refractivity contribution in [3.63, 3.8) is 0 Å². The Bertz CT molecular complexity index is 694. The fourth-order valence-corrected chi connectivity index (χ4v) is 3.29. The van der Waals surface area contributed by atoms with Gasteiger partial charge in [0.05, 0.1) is 5.56 Å². The van der Waals surface area contributed by atoms with Gasteiger partial charge in [-0.05, 0) is 51.8 Å². The Labute approximate surface area is 138 Å². The van der Waals surface area contributed by atoms with Gasteiger partial charge in [-0.15, -0.1) is 0 Å². The molecule has 4 nitrogen and oxygen atoms in total. The van der Waals surface area contributed by atoms with Gasteiger partial charge in [-0.25, -0.2) is 5.01 Å². The highest BCUT2D eigenvalue weighted by molar-refractivity contribution is 5.95. The molecule has 0 radical (unpaired) electrons. The molecule has 1 N–H and O–H groups in total. The molecule has 1 amide bonds. The number of hydrogen-bond donors (Lipinski definition) is 1. The maximum Gasteiger partial charge on any atom is 0.267 e. The molecule has 0 aliphatic carbocycles. The van der Waals surface area contributed by atoms with Crippen molar-refractivity contribution >= 4 is 5.91 Å². The van der Waals surface area contributed by atoms with Crippen LogP contribution in [-0.4, -0.2) is 28.6 Å². The van der Waals surface area contributed by atoms with Gasteiger partial charge >= 0.3 is 0 Å². The summed E-state index contributed by atoms with van der Waals surface area (Å²) >= 11 is 0. The zero-order valence-electron chi connectivity index (χ0n) is 14.2. The van der Waals surface area contributed by atoms with E-state index in [2.05, 4.69) is 41.2 Å². The monoisotopic (exact) mass is 311 g/mol. The highest BCUT2D eigenvalue weighted by Gasteiger charge is 2.19. The predicted octanol–water partition coefficient (Wildman–Crippen LogP) is 3.53. The van der Waals surface area contributed by atoms with Crippen molar-refractivity contribution in [2.24, 2.45) is 0 Å². The van der Waals surface area contributed by atoms with Crippen molar-refractivity contribution < 1.29 is 4.79 Å². The number of hydrazine groups is 1. The van der Waals surface area contributed by atoms with E-state index < -0.39 is 0 Å². The molecule has 2 aromatic rings. The van der Waals surface area contributed by atoms with Crippen LogP contribution in [0.5, 0.6) is 0 Å². The first-order valence-corrected chi connectivity index (χ1v) is 8.38. The summed E-state index contributed by atoms with van der Waals surface area (Å²) in [6.07, 6.45) is 3.57. The lowest BCUT2D eigenvalue weighted by Crippen LogP contribution is -2.45. The van der Waals surface area contributed by atoms with E-state index in [0.717, 1.165) is 48.6 Å². The fraction of sp³-hybridized carbons (Fsp3) is 0.421. The Kier molecular flexibility index (Phi) is 4.53. The van der Waals surface area contributed by atoms with Crippen molar-refractivity contribution in [1.82, 2.24) is 15.0 Å². The summed E-state index contributed by atoms with van der Waals surface area (Å²) in [4.78, 5) is 12.6. The van der Waals surface area contributed by atoms with Crippen LogP contribution in [0.25, 0.3) is 5.69 Å². The van der Waals surface area contributed by atoms with Crippen molar-refractivity contribution in [3.8, 4) is 5.69 Å². The molecule has 1 aliphatic rings. The van der Waals surface area contributed by atoms with Gasteiger partial charge in [0.1, 0.15) is 0 Å². The maximum atomic E-state index is 12.6. The van der Waals surface area contributed by atoms with Crippen molar-refractivity contribution in [1.29, 1.82) is 0 Å². The minimum atomic E-state index is -0.00152. The van der Waals surface area contributed by atoms with Gasteiger partial charge in [0.25, 0.3) is 5.91 Å². The van der Waals surface area contributed by atoms with Crippen LogP contribution in [0.4, 0.5) is 0 Å². The standard InChI is InChI=1S/C19H25N3O/c1-14-7-9-17(10-8-14)22-15(2)13-18(16(22)3)19(23)20-21-11-5-4-6-12-21/h7-10,13H,4-6,11-12H2,1-3H3,(H,20,23). The summed E-state index contributed by atoms with van der Waals surface area (Å²) in [5.74, 6) is -0.00152. The van der Waals surface area contributed by atoms with E-state index in [1.165, 1.54) is 12.0 Å². The van der Waals surface area contributed by atoms with E-state index in [1.807, 2.05) is 24.9 Å². The Balaban J connectivity index is 1.85. The molecule has 0 bridgehead atoms. The minimum absolute atomic E-state index is 0.00152. The molecule has 2 heterocycles. The number of rotatable bonds is 3. The SMILES string of the molecule is Cc1ccc(-n2c(C)cc(C(=O)NN3CCCCC3)c2C)cc1. The Morgan fingerprint density at radius 3 is 2.30 bits per heavy atom. The molecule has 1 aromatic heterocycles.